The lowest BCUT2D eigenvalue weighted by Crippen LogP contribution is -2.33. The number of hydrogen-bond acceptors (Lipinski definition) is 6. The first-order valence-electron chi connectivity index (χ1n) is 10.5. The van der Waals surface area contributed by atoms with Gasteiger partial charge in [-0.05, 0) is 55.3 Å². The zero-order chi connectivity index (χ0) is 23.1. The number of amides is 2. The molecule has 2 amide bonds. The average Bonchev–Trinajstić information content (AvgIpc) is 3.37. The van der Waals surface area contributed by atoms with Crippen molar-refractivity contribution in [2.24, 2.45) is 0 Å². The molecule has 3 aromatic carbocycles. The van der Waals surface area contributed by atoms with Crippen LogP contribution in [0.1, 0.15) is 16.7 Å². The van der Waals surface area contributed by atoms with E-state index in [4.69, 9.17) is 14.2 Å². The summed E-state index contributed by atoms with van der Waals surface area (Å²) in [5.74, 6) is 1.06. The average molecular weight is 442 g/mol. The SMILES string of the molecule is COc1ccc(C2=C(Nc3ccc4c(c3)OCO4)C(=O)N(c3ccc(C)cc3C)C2=O)cc1. The molecule has 0 atom stereocenters. The number of anilines is 2. The molecular formula is C26H22N2O5. The molecule has 1 N–H and O–H groups in total. The summed E-state index contributed by atoms with van der Waals surface area (Å²) < 4.78 is 16.1. The van der Waals surface area contributed by atoms with Crippen LogP contribution in [0.4, 0.5) is 11.4 Å². The van der Waals surface area contributed by atoms with Gasteiger partial charge in [0.05, 0.1) is 18.4 Å². The fourth-order valence-electron chi connectivity index (χ4n) is 4.06. The molecule has 0 radical (unpaired) electrons. The Morgan fingerprint density at radius 3 is 2.36 bits per heavy atom. The van der Waals surface area contributed by atoms with Crippen molar-refractivity contribution < 1.29 is 23.8 Å². The Morgan fingerprint density at radius 2 is 1.64 bits per heavy atom. The number of fused-ring (bicyclic) bond motifs is 1. The number of nitrogens with zero attached hydrogens (tertiary/aromatic N) is 1. The third-order valence-corrected chi connectivity index (χ3v) is 5.70. The van der Waals surface area contributed by atoms with Gasteiger partial charge in [-0.15, -0.1) is 0 Å². The highest BCUT2D eigenvalue weighted by atomic mass is 16.7. The van der Waals surface area contributed by atoms with E-state index in [1.54, 1.807) is 55.6 Å². The fraction of sp³-hybridized carbons (Fsp3) is 0.154. The number of benzene rings is 3. The topological polar surface area (TPSA) is 77.1 Å². The van der Waals surface area contributed by atoms with Crippen molar-refractivity contribution in [3.63, 3.8) is 0 Å². The summed E-state index contributed by atoms with van der Waals surface area (Å²) in [6.07, 6.45) is 0. The molecule has 0 saturated carbocycles. The quantitative estimate of drug-likeness (QED) is 0.589. The lowest BCUT2D eigenvalue weighted by atomic mass is 10.0. The Kier molecular flexibility index (Phi) is 5.01. The van der Waals surface area contributed by atoms with Crippen LogP contribution in [0.25, 0.3) is 5.57 Å². The highest BCUT2D eigenvalue weighted by Gasteiger charge is 2.41. The van der Waals surface area contributed by atoms with E-state index in [0.29, 0.717) is 39.8 Å². The Hall–Kier alpha value is -4.26. The number of aryl methyl sites for hydroxylation is 2. The van der Waals surface area contributed by atoms with Crippen LogP contribution in [0.2, 0.25) is 0 Å². The molecule has 0 bridgehead atoms. The second-order valence-electron chi connectivity index (χ2n) is 7.91. The van der Waals surface area contributed by atoms with Gasteiger partial charge in [0.2, 0.25) is 6.79 Å². The molecule has 0 saturated heterocycles. The van der Waals surface area contributed by atoms with Crippen molar-refractivity contribution in [3.05, 3.63) is 83.1 Å². The second-order valence-corrected chi connectivity index (χ2v) is 7.91. The summed E-state index contributed by atoms with van der Waals surface area (Å²) in [6.45, 7) is 4.01. The van der Waals surface area contributed by atoms with E-state index in [1.807, 2.05) is 26.0 Å². The summed E-state index contributed by atoms with van der Waals surface area (Å²) in [5.41, 5.74) is 4.18. The van der Waals surface area contributed by atoms with Crippen LogP contribution >= 0.6 is 0 Å². The molecule has 0 fully saturated rings. The van der Waals surface area contributed by atoms with E-state index in [1.165, 1.54) is 4.90 Å². The maximum absolute atomic E-state index is 13.6. The molecule has 0 spiro atoms. The summed E-state index contributed by atoms with van der Waals surface area (Å²) in [4.78, 5) is 28.5. The first-order chi connectivity index (χ1) is 16.0. The molecule has 166 valence electrons. The van der Waals surface area contributed by atoms with Crippen molar-refractivity contribution in [3.8, 4) is 17.2 Å². The van der Waals surface area contributed by atoms with Crippen LogP contribution in [0.5, 0.6) is 17.2 Å². The zero-order valence-electron chi connectivity index (χ0n) is 18.5. The molecule has 2 heterocycles. The van der Waals surface area contributed by atoms with E-state index >= 15 is 0 Å². The molecular weight excluding hydrogens is 420 g/mol. The highest BCUT2D eigenvalue weighted by molar-refractivity contribution is 6.46. The standard InChI is InChI=1S/C26H22N2O5/c1-15-4-10-20(16(2)12-15)28-25(29)23(17-5-8-19(31-3)9-6-17)24(26(28)30)27-18-7-11-21-22(13-18)33-14-32-21/h4-13,27H,14H2,1-3H3. The minimum absolute atomic E-state index is 0.149. The van der Waals surface area contributed by atoms with Gasteiger partial charge in [-0.3, -0.25) is 9.59 Å². The number of hydrogen-bond donors (Lipinski definition) is 1. The van der Waals surface area contributed by atoms with E-state index in [2.05, 4.69) is 5.32 Å². The van der Waals surface area contributed by atoms with Crippen LogP contribution in [0.3, 0.4) is 0 Å². The van der Waals surface area contributed by atoms with Gasteiger partial charge in [-0.25, -0.2) is 4.90 Å². The Balaban J connectivity index is 1.60. The molecule has 2 aliphatic rings. The first-order valence-corrected chi connectivity index (χ1v) is 10.5. The lowest BCUT2D eigenvalue weighted by molar-refractivity contribution is -0.120. The van der Waals surface area contributed by atoms with Gasteiger partial charge in [-0.1, -0.05) is 29.8 Å². The van der Waals surface area contributed by atoms with E-state index in [-0.39, 0.29) is 18.4 Å². The van der Waals surface area contributed by atoms with Crippen LogP contribution in [-0.4, -0.2) is 25.7 Å². The second kappa shape index (κ2) is 8.02. The van der Waals surface area contributed by atoms with Crippen molar-refractivity contribution in [2.75, 3.05) is 24.1 Å². The number of imide groups is 1. The van der Waals surface area contributed by atoms with E-state index in [9.17, 15) is 9.59 Å². The van der Waals surface area contributed by atoms with Gasteiger partial charge in [0.25, 0.3) is 11.8 Å². The van der Waals surface area contributed by atoms with Gasteiger partial charge < -0.3 is 19.5 Å². The minimum Gasteiger partial charge on any atom is -0.497 e. The molecule has 33 heavy (non-hydrogen) atoms. The smallest absolute Gasteiger partial charge is 0.282 e. The van der Waals surface area contributed by atoms with Crippen molar-refractivity contribution in [1.82, 2.24) is 0 Å². The normalized spacial score (nSPS) is 14.8. The lowest BCUT2D eigenvalue weighted by Gasteiger charge is -2.18. The highest BCUT2D eigenvalue weighted by Crippen LogP contribution is 2.38. The molecule has 3 aromatic rings. The number of methoxy groups -OCH3 is 1. The zero-order valence-corrected chi connectivity index (χ0v) is 18.5. The maximum atomic E-state index is 13.6. The first kappa shape index (κ1) is 20.6. The number of carbonyl (C=O) groups excluding carboxylic acids is 2. The number of carbonyl (C=O) groups is 2. The molecule has 7 nitrogen and oxygen atoms in total. The Labute approximate surface area is 191 Å². The van der Waals surface area contributed by atoms with Crippen LogP contribution < -0.4 is 24.4 Å². The van der Waals surface area contributed by atoms with Gasteiger partial charge in [0, 0.05) is 11.8 Å². The molecule has 0 unspecified atom stereocenters. The summed E-state index contributed by atoms with van der Waals surface area (Å²) in [5, 5.41) is 3.16. The number of ether oxygens (including phenoxy) is 3. The van der Waals surface area contributed by atoms with Crippen molar-refractivity contribution in [2.45, 2.75) is 13.8 Å². The number of rotatable bonds is 5. The Morgan fingerprint density at radius 1 is 0.879 bits per heavy atom. The van der Waals surface area contributed by atoms with Gasteiger partial charge in [0.15, 0.2) is 11.5 Å². The predicted octanol–water partition coefficient (Wildman–Crippen LogP) is 4.44. The van der Waals surface area contributed by atoms with Crippen LogP contribution in [0, 0.1) is 13.8 Å². The third kappa shape index (κ3) is 3.57. The van der Waals surface area contributed by atoms with Crippen molar-refractivity contribution in [1.29, 1.82) is 0 Å². The summed E-state index contributed by atoms with van der Waals surface area (Å²) in [7, 11) is 1.58. The minimum atomic E-state index is -0.421. The van der Waals surface area contributed by atoms with Gasteiger partial charge in [-0.2, -0.15) is 0 Å². The van der Waals surface area contributed by atoms with E-state index in [0.717, 1.165) is 11.1 Å². The Bertz CT molecular complexity index is 1310. The molecule has 2 aliphatic heterocycles. The third-order valence-electron chi connectivity index (χ3n) is 5.70. The van der Waals surface area contributed by atoms with Gasteiger partial charge in [0.1, 0.15) is 11.4 Å². The monoisotopic (exact) mass is 442 g/mol. The molecule has 0 aliphatic carbocycles. The summed E-state index contributed by atoms with van der Waals surface area (Å²) >= 11 is 0. The van der Waals surface area contributed by atoms with E-state index < -0.39 is 5.91 Å². The van der Waals surface area contributed by atoms with Crippen molar-refractivity contribution >= 4 is 28.8 Å². The molecule has 0 aromatic heterocycles. The predicted molar refractivity (Wildman–Crippen MR) is 125 cm³/mol. The summed E-state index contributed by atoms with van der Waals surface area (Å²) in [6, 6.07) is 18.0. The van der Waals surface area contributed by atoms with Crippen LogP contribution in [-0.2, 0) is 9.59 Å². The fourth-order valence-corrected chi connectivity index (χ4v) is 4.06. The van der Waals surface area contributed by atoms with Crippen LogP contribution in [0.15, 0.2) is 66.4 Å². The number of nitrogens with one attached hydrogen (secondary N) is 1. The largest absolute Gasteiger partial charge is 0.497 e. The maximum Gasteiger partial charge on any atom is 0.282 e. The van der Waals surface area contributed by atoms with Gasteiger partial charge >= 0.3 is 0 Å². The molecule has 7 heteroatoms. The molecule has 5 rings (SSSR count).